The van der Waals surface area contributed by atoms with E-state index in [2.05, 4.69) is 11.2 Å². The zero-order chi connectivity index (χ0) is 9.68. The van der Waals surface area contributed by atoms with Crippen molar-refractivity contribution in [1.82, 2.24) is 5.32 Å². The first-order valence-corrected chi connectivity index (χ1v) is 4.84. The quantitative estimate of drug-likeness (QED) is 0.445. The molecule has 3 heteroatoms. The fourth-order valence-electron chi connectivity index (χ4n) is 0.940. The Morgan fingerprint density at radius 3 is 3.08 bits per heavy atom. The summed E-state index contributed by atoms with van der Waals surface area (Å²) in [5.41, 5.74) is 0.770. The van der Waals surface area contributed by atoms with Crippen LogP contribution in [-0.2, 0) is 0 Å². The summed E-state index contributed by atoms with van der Waals surface area (Å²) in [5, 5.41) is 4.73. The predicted molar refractivity (Wildman–Crippen MR) is 55.1 cm³/mol. The van der Waals surface area contributed by atoms with Crippen LogP contribution in [0, 0.1) is 19.3 Å². The monoisotopic (exact) mass is 193 g/mol. The Balaban J connectivity index is 2.45. The molecule has 1 aromatic heterocycles. The molecule has 0 aliphatic rings. The van der Waals surface area contributed by atoms with Gasteiger partial charge in [0.2, 0.25) is 0 Å². The van der Waals surface area contributed by atoms with Crippen molar-refractivity contribution >= 4 is 17.1 Å². The highest BCUT2D eigenvalue weighted by molar-refractivity contribution is 7.10. The molecule has 2 nitrogen and oxygen atoms in total. The van der Waals surface area contributed by atoms with Gasteiger partial charge in [-0.2, -0.15) is 0 Å². The Hall–Kier alpha value is -1.11. The Labute approximate surface area is 82.0 Å². The second kappa shape index (κ2) is 4.80. The summed E-state index contributed by atoms with van der Waals surface area (Å²) in [6.45, 7) is 2.74. The summed E-state index contributed by atoms with van der Waals surface area (Å²) in [5.74, 6) is 2.52. The van der Waals surface area contributed by atoms with Crippen molar-refractivity contribution < 1.29 is 4.79 Å². The predicted octanol–water partition coefficient (Wildman–Crippen LogP) is 1.46. The van der Waals surface area contributed by atoms with Crippen molar-refractivity contribution in [1.29, 1.82) is 0 Å². The Morgan fingerprint density at radius 2 is 2.54 bits per heavy atom. The summed E-state index contributed by atoms with van der Waals surface area (Å²) in [6.07, 6.45) is 5.04. The minimum absolute atomic E-state index is 0.0969. The number of thiophene rings is 1. The highest BCUT2D eigenvalue weighted by Crippen LogP contribution is 2.12. The Kier molecular flexibility index (Phi) is 3.69. The Morgan fingerprint density at radius 1 is 1.77 bits per heavy atom. The molecule has 0 aliphatic carbocycles. The molecule has 1 heterocycles. The van der Waals surface area contributed by atoms with Crippen LogP contribution in [0.4, 0.5) is 0 Å². The highest BCUT2D eigenvalue weighted by atomic mass is 32.1. The van der Waals surface area contributed by atoms with Crippen LogP contribution in [0.5, 0.6) is 0 Å². The molecule has 1 rings (SSSR count). The van der Waals surface area contributed by atoms with Gasteiger partial charge in [-0.3, -0.25) is 10.1 Å². The molecule has 0 fully saturated rings. The molecule has 1 aromatic rings. The van der Waals surface area contributed by atoms with E-state index in [-0.39, 0.29) is 5.78 Å². The molecule has 0 radical (unpaired) electrons. The third-order valence-electron chi connectivity index (χ3n) is 1.57. The smallest absolute Gasteiger partial charge is 0.177 e. The first-order chi connectivity index (χ1) is 6.24. The molecule has 13 heavy (non-hydrogen) atoms. The molecule has 68 valence electrons. The zero-order valence-corrected chi connectivity index (χ0v) is 8.28. The number of ketones is 1. The number of aryl methyl sites for hydroxylation is 1. The van der Waals surface area contributed by atoms with Gasteiger partial charge in [0.25, 0.3) is 0 Å². The maximum atomic E-state index is 11.4. The van der Waals surface area contributed by atoms with Gasteiger partial charge in [0.15, 0.2) is 5.78 Å². The zero-order valence-electron chi connectivity index (χ0n) is 7.46. The SMILES string of the molecule is C#CCNCC(=O)c1csc(C)c1. The van der Waals surface area contributed by atoms with Crippen LogP contribution in [-0.4, -0.2) is 18.9 Å². The van der Waals surface area contributed by atoms with E-state index in [9.17, 15) is 4.79 Å². The fraction of sp³-hybridized carbons (Fsp3) is 0.300. The molecule has 0 spiro atoms. The van der Waals surface area contributed by atoms with Gasteiger partial charge < -0.3 is 0 Å². The van der Waals surface area contributed by atoms with E-state index in [0.717, 1.165) is 10.4 Å². The largest absolute Gasteiger partial charge is 0.299 e. The van der Waals surface area contributed by atoms with Gasteiger partial charge in [-0.15, -0.1) is 17.8 Å². The summed E-state index contributed by atoms with van der Waals surface area (Å²) < 4.78 is 0. The van der Waals surface area contributed by atoms with Gasteiger partial charge in [-0.05, 0) is 13.0 Å². The van der Waals surface area contributed by atoms with Crippen LogP contribution in [0.25, 0.3) is 0 Å². The maximum Gasteiger partial charge on any atom is 0.177 e. The molecule has 0 saturated carbocycles. The van der Waals surface area contributed by atoms with Gasteiger partial charge in [0.05, 0.1) is 13.1 Å². The summed E-state index contributed by atoms with van der Waals surface area (Å²) in [6, 6.07) is 1.89. The molecule has 0 aromatic carbocycles. The lowest BCUT2D eigenvalue weighted by Gasteiger charge is -1.96. The minimum atomic E-state index is 0.0969. The van der Waals surface area contributed by atoms with Gasteiger partial charge in [0.1, 0.15) is 0 Å². The molecule has 0 atom stereocenters. The lowest BCUT2D eigenvalue weighted by atomic mass is 10.2. The lowest BCUT2D eigenvalue weighted by molar-refractivity contribution is 0.0993. The number of rotatable bonds is 4. The van der Waals surface area contributed by atoms with Crippen molar-refractivity contribution in [2.75, 3.05) is 13.1 Å². The van der Waals surface area contributed by atoms with E-state index in [1.807, 2.05) is 18.4 Å². The van der Waals surface area contributed by atoms with Crippen molar-refractivity contribution in [3.8, 4) is 12.3 Å². The van der Waals surface area contributed by atoms with E-state index in [0.29, 0.717) is 13.1 Å². The summed E-state index contributed by atoms with van der Waals surface area (Å²) in [4.78, 5) is 12.6. The molecular formula is C10H11NOS. The molecule has 1 N–H and O–H groups in total. The van der Waals surface area contributed by atoms with Crippen LogP contribution in [0.2, 0.25) is 0 Å². The van der Waals surface area contributed by atoms with E-state index in [1.54, 1.807) is 11.3 Å². The van der Waals surface area contributed by atoms with E-state index in [4.69, 9.17) is 6.42 Å². The topological polar surface area (TPSA) is 29.1 Å². The number of carbonyl (C=O) groups is 1. The fourth-order valence-corrected chi connectivity index (χ4v) is 1.65. The molecule has 0 saturated heterocycles. The maximum absolute atomic E-state index is 11.4. The second-order valence-electron chi connectivity index (χ2n) is 2.68. The minimum Gasteiger partial charge on any atom is -0.299 e. The first-order valence-electron chi connectivity index (χ1n) is 3.96. The molecule has 0 bridgehead atoms. The number of Topliss-reactive ketones (excluding diaryl/α,β-unsaturated/α-hetero) is 1. The van der Waals surface area contributed by atoms with E-state index in [1.165, 1.54) is 0 Å². The van der Waals surface area contributed by atoms with Crippen LogP contribution in [0.1, 0.15) is 15.2 Å². The van der Waals surface area contributed by atoms with Crippen molar-refractivity contribution in [2.24, 2.45) is 0 Å². The van der Waals surface area contributed by atoms with Gasteiger partial charge in [-0.25, -0.2) is 0 Å². The van der Waals surface area contributed by atoms with Gasteiger partial charge in [0, 0.05) is 15.8 Å². The number of carbonyl (C=O) groups excluding carboxylic acids is 1. The first kappa shape index (κ1) is 9.97. The summed E-state index contributed by atoms with van der Waals surface area (Å²) >= 11 is 1.58. The number of terminal acetylenes is 1. The lowest BCUT2D eigenvalue weighted by Crippen LogP contribution is -2.22. The van der Waals surface area contributed by atoms with Crippen LogP contribution >= 0.6 is 11.3 Å². The van der Waals surface area contributed by atoms with Gasteiger partial charge in [-0.1, -0.05) is 5.92 Å². The van der Waals surface area contributed by atoms with E-state index < -0.39 is 0 Å². The summed E-state index contributed by atoms with van der Waals surface area (Å²) in [7, 11) is 0. The molecular weight excluding hydrogens is 182 g/mol. The average Bonchev–Trinajstić information content (AvgIpc) is 2.52. The van der Waals surface area contributed by atoms with Crippen molar-refractivity contribution in [3.05, 3.63) is 21.9 Å². The van der Waals surface area contributed by atoms with Crippen molar-refractivity contribution in [3.63, 3.8) is 0 Å². The standard InChI is InChI=1S/C10H11NOS/c1-3-4-11-6-10(12)9-5-8(2)13-7-9/h1,5,7,11H,4,6H2,2H3. The number of hydrogen-bond acceptors (Lipinski definition) is 3. The van der Waals surface area contributed by atoms with Crippen LogP contribution < -0.4 is 5.32 Å². The third-order valence-corrected chi connectivity index (χ3v) is 2.43. The van der Waals surface area contributed by atoms with Crippen LogP contribution in [0.15, 0.2) is 11.4 Å². The van der Waals surface area contributed by atoms with Gasteiger partial charge >= 0.3 is 0 Å². The Bertz CT molecular complexity index is 335. The molecule has 0 unspecified atom stereocenters. The van der Waals surface area contributed by atoms with Crippen LogP contribution in [0.3, 0.4) is 0 Å². The number of hydrogen-bond donors (Lipinski definition) is 1. The normalized spacial score (nSPS) is 9.54. The third kappa shape index (κ3) is 3.02. The van der Waals surface area contributed by atoms with Crippen molar-refractivity contribution in [2.45, 2.75) is 6.92 Å². The second-order valence-corrected chi connectivity index (χ2v) is 3.79. The average molecular weight is 193 g/mol. The molecule has 0 amide bonds. The highest BCUT2D eigenvalue weighted by Gasteiger charge is 2.05. The van der Waals surface area contributed by atoms with E-state index >= 15 is 0 Å². The molecule has 0 aliphatic heterocycles. The number of nitrogens with one attached hydrogen (secondary N) is 1.